The average molecular weight is 309 g/mol. The number of rotatable bonds is 3. The number of aromatic nitrogens is 1. The highest BCUT2D eigenvalue weighted by molar-refractivity contribution is 5.98. The van der Waals surface area contributed by atoms with Gasteiger partial charge in [0.2, 0.25) is 0 Å². The molecule has 2 amide bonds. The Morgan fingerprint density at radius 1 is 1.00 bits per heavy atom. The van der Waals surface area contributed by atoms with Gasteiger partial charge in [0.25, 0.3) is 0 Å². The van der Waals surface area contributed by atoms with Crippen LogP contribution in [0.4, 0.5) is 10.5 Å². The molecule has 1 saturated heterocycles. The average Bonchev–Trinajstić information content (AvgIpc) is 2.63. The van der Waals surface area contributed by atoms with Crippen LogP contribution in [0.3, 0.4) is 0 Å². The van der Waals surface area contributed by atoms with Gasteiger partial charge in [-0.3, -0.25) is 9.78 Å². The third kappa shape index (κ3) is 3.74. The Kier molecular flexibility index (Phi) is 4.66. The summed E-state index contributed by atoms with van der Waals surface area (Å²) in [4.78, 5) is 30.3. The van der Waals surface area contributed by atoms with Crippen LogP contribution in [-0.4, -0.2) is 34.8 Å². The molecule has 0 aliphatic carbocycles. The predicted octanol–water partition coefficient (Wildman–Crippen LogP) is 3.21. The van der Waals surface area contributed by atoms with Crippen LogP contribution in [-0.2, 0) is 0 Å². The molecule has 1 fully saturated rings. The lowest BCUT2D eigenvalue weighted by molar-refractivity contribution is 0.0859. The van der Waals surface area contributed by atoms with Gasteiger partial charge >= 0.3 is 6.03 Å². The van der Waals surface area contributed by atoms with E-state index in [1.54, 1.807) is 29.4 Å². The molecule has 5 nitrogen and oxygen atoms in total. The summed E-state index contributed by atoms with van der Waals surface area (Å²) in [5.41, 5.74) is 1.49. The molecule has 0 atom stereocenters. The van der Waals surface area contributed by atoms with Gasteiger partial charge in [0.05, 0.1) is 0 Å². The number of piperidine rings is 1. The Morgan fingerprint density at radius 2 is 1.65 bits per heavy atom. The van der Waals surface area contributed by atoms with Gasteiger partial charge in [-0.15, -0.1) is 0 Å². The number of urea groups is 1. The second-order valence-electron chi connectivity index (χ2n) is 5.66. The normalized spacial score (nSPS) is 15.2. The van der Waals surface area contributed by atoms with Crippen LogP contribution in [0, 0.1) is 5.92 Å². The van der Waals surface area contributed by atoms with Crippen LogP contribution in [0.5, 0.6) is 0 Å². The SMILES string of the molecule is O=C(c1ccccc1)C1CCN(C(=O)Nc2ccncc2)CC1. The molecule has 1 aromatic heterocycles. The summed E-state index contributed by atoms with van der Waals surface area (Å²) in [5, 5.41) is 2.85. The second-order valence-corrected chi connectivity index (χ2v) is 5.66. The molecule has 0 spiro atoms. The van der Waals surface area contributed by atoms with E-state index in [1.165, 1.54) is 0 Å². The maximum absolute atomic E-state index is 12.4. The van der Waals surface area contributed by atoms with Crippen molar-refractivity contribution in [1.82, 2.24) is 9.88 Å². The van der Waals surface area contributed by atoms with E-state index in [9.17, 15) is 9.59 Å². The van der Waals surface area contributed by atoms with E-state index in [2.05, 4.69) is 10.3 Å². The number of ketones is 1. The van der Waals surface area contributed by atoms with Gasteiger partial charge in [0.15, 0.2) is 5.78 Å². The Balaban J connectivity index is 1.54. The van der Waals surface area contributed by atoms with Gasteiger partial charge in [-0.2, -0.15) is 0 Å². The highest BCUT2D eigenvalue weighted by atomic mass is 16.2. The standard InChI is InChI=1S/C18H19N3O2/c22-17(14-4-2-1-3-5-14)15-8-12-21(13-9-15)18(23)20-16-6-10-19-11-7-16/h1-7,10-11,15H,8-9,12-13H2,(H,19,20,23). The van der Waals surface area contributed by atoms with Gasteiger partial charge in [-0.1, -0.05) is 30.3 Å². The number of nitrogens with one attached hydrogen (secondary N) is 1. The first kappa shape index (κ1) is 15.2. The third-order valence-corrected chi connectivity index (χ3v) is 4.14. The van der Waals surface area contributed by atoms with Gasteiger partial charge in [0.1, 0.15) is 0 Å². The first-order valence-corrected chi connectivity index (χ1v) is 7.79. The van der Waals surface area contributed by atoms with Crippen LogP contribution in [0.15, 0.2) is 54.9 Å². The Labute approximate surface area is 135 Å². The van der Waals surface area contributed by atoms with Crippen molar-refractivity contribution < 1.29 is 9.59 Å². The molecule has 1 aromatic carbocycles. The van der Waals surface area contributed by atoms with Crippen LogP contribution in [0.2, 0.25) is 0 Å². The molecule has 2 heterocycles. The van der Waals surface area contributed by atoms with Crippen molar-refractivity contribution in [2.75, 3.05) is 18.4 Å². The summed E-state index contributed by atoms with van der Waals surface area (Å²) >= 11 is 0. The Hall–Kier alpha value is -2.69. The zero-order valence-corrected chi connectivity index (χ0v) is 12.8. The Bertz CT molecular complexity index is 665. The first-order valence-electron chi connectivity index (χ1n) is 7.79. The second kappa shape index (κ2) is 7.05. The van der Waals surface area contributed by atoms with Crippen LogP contribution < -0.4 is 5.32 Å². The summed E-state index contributed by atoms with van der Waals surface area (Å²) in [6.07, 6.45) is 4.69. The molecule has 23 heavy (non-hydrogen) atoms. The molecular formula is C18H19N3O2. The molecule has 0 saturated carbocycles. The van der Waals surface area contributed by atoms with E-state index < -0.39 is 0 Å². The maximum Gasteiger partial charge on any atom is 0.321 e. The number of Topliss-reactive ketones (excluding diaryl/α,β-unsaturated/α-hetero) is 1. The number of hydrogen-bond donors (Lipinski definition) is 1. The topological polar surface area (TPSA) is 62.3 Å². The number of carbonyl (C=O) groups excluding carboxylic acids is 2. The van der Waals surface area contributed by atoms with Gasteiger partial charge in [-0.25, -0.2) is 4.79 Å². The number of carbonyl (C=O) groups is 2. The van der Waals surface area contributed by atoms with Crippen molar-refractivity contribution in [3.05, 3.63) is 60.4 Å². The maximum atomic E-state index is 12.4. The van der Waals surface area contributed by atoms with E-state index in [0.717, 1.165) is 11.3 Å². The number of nitrogens with zero attached hydrogens (tertiary/aromatic N) is 2. The van der Waals surface area contributed by atoms with Crippen molar-refractivity contribution in [1.29, 1.82) is 0 Å². The summed E-state index contributed by atoms with van der Waals surface area (Å²) < 4.78 is 0. The molecule has 0 bridgehead atoms. The molecular weight excluding hydrogens is 290 g/mol. The molecule has 1 N–H and O–H groups in total. The van der Waals surface area contributed by atoms with Crippen LogP contribution in [0.1, 0.15) is 23.2 Å². The molecule has 0 unspecified atom stereocenters. The number of benzene rings is 1. The lowest BCUT2D eigenvalue weighted by Gasteiger charge is -2.31. The molecule has 0 radical (unpaired) electrons. The van der Waals surface area contributed by atoms with E-state index in [0.29, 0.717) is 25.9 Å². The number of likely N-dealkylation sites (tertiary alicyclic amines) is 1. The van der Waals surface area contributed by atoms with Crippen molar-refractivity contribution >= 4 is 17.5 Å². The lowest BCUT2D eigenvalue weighted by Crippen LogP contribution is -2.42. The van der Waals surface area contributed by atoms with E-state index in [1.807, 2.05) is 30.3 Å². The van der Waals surface area contributed by atoms with Crippen molar-refractivity contribution in [2.24, 2.45) is 5.92 Å². The summed E-state index contributed by atoms with van der Waals surface area (Å²) in [6, 6.07) is 12.8. The third-order valence-electron chi connectivity index (χ3n) is 4.14. The summed E-state index contributed by atoms with van der Waals surface area (Å²) in [7, 11) is 0. The predicted molar refractivity (Wildman–Crippen MR) is 88.3 cm³/mol. The smallest absolute Gasteiger partial charge is 0.321 e. The first-order chi connectivity index (χ1) is 11.2. The van der Waals surface area contributed by atoms with Crippen molar-refractivity contribution in [3.63, 3.8) is 0 Å². The van der Waals surface area contributed by atoms with Crippen LogP contribution in [0.25, 0.3) is 0 Å². The van der Waals surface area contributed by atoms with Gasteiger partial charge in [0, 0.05) is 42.7 Å². The molecule has 1 aliphatic rings. The number of pyridine rings is 1. The van der Waals surface area contributed by atoms with Crippen molar-refractivity contribution in [3.8, 4) is 0 Å². The number of hydrogen-bond acceptors (Lipinski definition) is 3. The quantitative estimate of drug-likeness (QED) is 0.886. The highest BCUT2D eigenvalue weighted by Crippen LogP contribution is 2.22. The number of amides is 2. The monoisotopic (exact) mass is 309 g/mol. The fraction of sp³-hybridized carbons (Fsp3) is 0.278. The minimum Gasteiger partial charge on any atom is -0.324 e. The summed E-state index contributed by atoms with van der Waals surface area (Å²) in [5.74, 6) is 0.183. The highest BCUT2D eigenvalue weighted by Gasteiger charge is 2.27. The molecule has 3 rings (SSSR count). The fourth-order valence-corrected chi connectivity index (χ4v) is 2.82. The molecule has 118 valence electrons. The molecule has 2 aromatic rings. The molecule has 5 heteroatoms. The Morgan fingerprint density at radius 3 is 2.30 bits per heavy atom. The van der Waals surface area contributed by atoms with E-state index in [-0.39, 0.29) is 17.7 Å². The van der Waals surface area contributed by atoms with Crippen molar-refractivity contribution in [2.45, 2.75) is 12.8 Å². The fourth-order valence-electron chi connectivity index (χ4n) is 2.82. The minimum absolute atomic E-state index is 0.00220. The van der Waals surface area contributed by atoms with E-state index >= 15 is 0 Å². The largest absolute Gasteiger partial charge is 0.324 e. The molecule has 1 aliphatic heterocycles. The number of anilines is 1. The minimum atomic E-state index is -0.123. The van der Waals surface area contributed by atoms with Gasteiger partial charge in [-0.05, 0) is 25.0 Å². The zero-order chi connectivity index (χ0) is 16.1. The van der Waals surface area contributed by atoms with E-state index in [4.69, 9.17) is 0 Å². The lowest BCUT2D eigenvalue weighted by atomic mass is 9.89. The summed E-state index contributed by atoms with van der Waals surface area (Å²) in [6.45, 7) is 1.19. The zero-order valence-electron chi connectivity index (χ0n) is 12.8. The van der Waals surface area contributed by atoms with Crippen LogP contribution >= 0.6 is 0 Å². The van der Waals surface area contributed by atoms with Gasteiger partial charge < -0.3 is 10.2 Å².